The minimum Gasteiger partial charge on any atom is -0.383 e. The molecule has 0 radical (unpaired) electrons. The first kappa shape index (κ1) is 12.2. The Hall–Kier alpha value is -1.82. The van der Waals surface area contributed by atoms with Crippen molar-refractivity contribution in [3.63, 3.8) is 0 Å². The van der Waals surface area contributed by atoms with Crippen molar-refractivity contribution in [2.24, 2.45) is 0 Å². The number of ether oxygens (including phenoxy) is 1. The Kier molecular flexibility index (Phi) is 3.50. The van der Waals surface area contributed by atoms with Gasteiger partial charge in [-0.1, -0.05) is 0 Å². The van der Waals surface area contributed by atoms with Crippen LogP contribution >= 0.6 is 0 Å². The summed E-state index contributed by atoms with van der Waals surface area (Å²) in [6, 6.07) is 0.670. The van der Waals surface area contributed by atoms with Crippen molar-refractivity contribution in [2.75, 3.05) is 19.0 Å². The molecule has 0 aromatic carbocycles. The Morgan fingerprint density at radius 1 is 1.42 bits per heavy atom. The van der Waals surface area contributed by atoms with Gasteiger partial charge in [-0.15, -0.1) is 0 Å². The van der Waals surface area contributed by atoms with Gasteiger partial charge in [-0.2, -0.15) is 5.10 Å². The fourth-order valence-electron chi connectivity index (χ4n) is 2.11. The number of hydrogen-bond donors (Lipinski definition) is 1. The Balaban J connectivity index is 1.56. The summed E-state index contributed by atoms with van der Waals surface area (Å²) in [7, 11) is 1.70. The molecular weight excluding hydrogens is 242 g/mol. The highest BCUT2D eigenvalue weighted by molar-refractivity contribution is 5.38. The van der Waals surface area contributed by atoms with Gasteiger partial charge in [0.05, 0.1) is 43.6 Å². The number of imidazole rings is 1. The number of nitrogens with zero attached hydrogens (tertiary/aromatic N) is 4. The van der Waals surface area contributed by atoms with Crippen molar-refractivity contribution in [1.82, 2.24) is 19.3 Å². The normalized spacial score (nSPS) is 14.8. The Bertz CT molecular complexity index is 529. The third-order valence-corrected chi connectivity index (χ3v) is 3.32. The van der Waals surface area contributed by atoms with Crippen LogP contribution in [0.25, 0.3) is 0 Å². The van der Waals surface area contributed by atoms with Crippen molar-refractivity contribution in [1.29, 1.82) is 0 Å². The van der Waals surface area contributed by atoms with E-state index in [1.54, 1.807) is 7.11 Å². The average molecular weight is 261 g/mol. The zero-order valence-corrected chi connectivity index (χ0v) is 11.1. The molecule has 3 rings (SSSR count). The average Bonchev–Trinajstić information content (AvgIpc) is 3.00. The van der Waals surface area contributed by atoms with Gasteiger partial charge < -0.3 is 14.6 Å². The van der Waals surface area contributed by atoms with Crippen LogP contribution in [0.3, 0.4) is 0 Å². The van der Waals surface area contributed by atoms with E-state index in [2.05, 4.69) is 20.0 Å². The van der Waals surface area contributed by atoms with E-state index in [1.807, 2.05) is 29.6 Å². The molecule has 6 nitrogen and oxygen atoms in total. The van der Waals surface area contributed by atoms with Gasteiger partial charge >= 0.3 is 0 Å². The number of methoxy groups -OCH3 is 1. The van der Waals surface area contributed by atoms with Crippen LogP contribution in [0.1, 0.15) is 24.6 Å². The lowest BCUT2D eigenvalue weighted by Crippen LogP contribution is -2.06. The molecule has 6 heteroatoms. The Labute approximate surface area is 112 Å². The van der Waals surface area contributed by atoms with Crippen LogP contribution in [0.4, 0.5) is 5.69 Å². The van der Waals surface area contributed by atoms with Gasteiger partial charge in [0.25, 0.3) is 0 Å². The van der Waals surface area contributed by atoms with E-state index in [4.69, 9.17) is 4.74 Å². The van der Waals surface area contributed by atoms with Crippen molar-refractivity contribution in [2.45, 2.75) is 32.0 Å². The van der Waals surface area contributed by atoms with E-state index in [1.165, 1.54) is 18.5 Å². The molecule has 1 N–H and O–H groups in total. The number of rotatable bonds is 7. The van der Waals surface area contributed by atoms with Gasteiger partial charge in [0, 0.05) is 25.5 Å². The van der Waals surface area contributed by atoms with Crippen LogP contribution in [0.15, 0.2) is 24.9 Å². The lowest BCUT2D eigenvalue weighted by atomic mass is 10.4. The van der Waals surface area contributed by atoms with Gasteiger partial charge in [-0.3, -0.25) is 4.68 Å². The molecule has 1 aliphatic carbocycles. The number of nitrogens with one attached hydrogen (secondary N) is 1. The highest BCUT2D eigenvalue weighted by Crippen LogP contribution is 2.35. The van der Waals surface area contributed by atoms with Crippen LogP contribution < -0.4 is 5.32 Å². The first-order chi connectivity index (χ1) is 9.36. The Morgan fingerprint density at radius 2 is 2.32 bits per heavy atom. The summed E-state index contributed by atoms with van der Waals surface area (Å²) < 4.78 is 9.18. The first-order valence-corrected chi connectivity index (χ1v) is 6.63. The second-order valence-corrected chi connectivity index (χ2v) is 4.86. The standard InChI is InChI=1S/C13H19N5O/c1-19-5-4-17-9-11(6-16-17)15-8-13-7-14-10-18(13)12-2-3-12/h6-7,9-10,12,15H,2-5,8H2,1H3. The van der Waals surface area contributed by atoms with Crippen LogP contribution in [0, 0.1) is 0 Å². The van der Waals surface area contributed by atoms with E-state index in [-0.39, 0.29) is 0 Å². The number of anilines is 1. The monoisotopic (exact) mass is 261 g/mol. The minimum absolute atomic E-state index is 0.670. The lowest BCUT2D eigenvalue weighted by molar-refractivity contribution is 0.183. The lowest BCUT2D eigenvalue weighted by Gasteiger charge is -2.07. The summed E-state index contributed by atoms with van der Waals surface area (Å²) in [5.74, 6) is 0. The molecule has 19 heavy (non-hydrogen) atoms. The maximum absolute atomic E-state index is 5.03. The summed E-state index contributed by atoms with van der Waals surface area (Å²) in [4.78, 5) is 4.23. The van der Waals surface area contributed by atoms with E-state index in [9.17, 15) is 0 Å². The van der Waals surface area contributed by atoms with Crippen molar-refractivity contribution in [3.8, 4) is 0 Å². The molecule has 0 amide bonds. The molecule has 0 unspecified atom stereocenters. The predicted octanol–water partition coefficient (Wildman–Crippen LogP) is 1.67. The SMILES string of the molecule is COCCn1cc(NCc2cncn2C2CC2)cn1. The summed E-state index contributed by atoms with van der Waals surface area (Å²) in [6.45, 7) is 2.24. The molecule has 0 aliphatic heterocycles. The minimum atomic E-state index is 0.670. The van der Waals surface area contributed by atoms with Gasteiger partial charge in [-0.05, 0) is 12.8 Å². The number of hydrogen-bond acceptors (Lipinski definition) is 4. The van der Waals surface area contributed by atoms with Gasteiger partial charge in [0.15, 0.2) is 0 Å². The van der Waals surface area contributed by atoms with Crippen molar-refractivity contribution in [3.05, 3.63) is 30.6 Å². The van der Waals surface area contributed by atoms with Crippen LogP contribution in [0.5, 0.6) is 0 Å². The second kappa shape index (κ2) is 5.44. The zero-order valence-electron chi connectivity index (χ0n) is 11.1. The summed E-state index contributed by atoms with van der Waals surface area (Å²) in [5.41, 5.74) is 2.26. The molecule has 0 spiro atoms. The van der Waals surface area contributed by atoms with E-state index in [0.717, 1.165) is 18.8 Å². The smallest absolute Gasteiger partial charge is 0.0951 e. The Morgan fingerprint density at radius 3 is 3.11 bits per heavy atom. The highest BCUT2D eigenvalue weighted by atomic mass is 16.5. The fourth-order valence-corrected chi connectivity index (χ4v) is 2.11. The van der Waals surface area contributed by atoms with E-state index < -0.39 is 0 Å². The third-order valence-electron chi connectivity index (χ3n) is 3.32. The molecular formula is C13H19N5O. The largest absolute Gasteiger partial charge is 0.383 e. The molecule has 1 fully saturated rings. The quantitative estimate of drug-likeness (QED) is 0.823. The van der Waals surface area contributed by atoms with Crippen molar-refractivity contribution >= 4 is 5.69 Å². The molecule has 1 aliphatic rings. The predicted molar refractivity (Wildman–Crippen MR) is 71.9 cm³/mol. The zero-order chi connectivity index (χ0) is 13.1. The first-order valence-electron chi connectivity index (χ1n) is 6.63. The molecule has 102 valence electrons. The molecule has 0 atom stereocenters. The topological polar surface area (TPSA) is 56.9 Å². The van der Waals surface area contributed by atoms with Crippen LogP contribution in [0.2, 0.25) is 0 Å². The third kappa shape index (κ3) is 2.96. The second-order valence-electron chi connectivity index (χ2n) is 4.86. The summed E-state index contributed by atoms with van der Waals surface area (Å²) in [6.07, 6.45) is 10.2. The summed E-state index contributed by atoms with van der Waals surface area (Å²) >= 11 is 0. The molecule has 2 heterocycles. The van der Waals surface area contributed by atoms with Crippen LogP contribution in [-0.4, -0.2) is 33.0 Å². The molecule has 0 saturated heterocycles. The van der Waals surface area contributed by atoms with Gasteiger partial charge in [-0.25, -0.2) is 4.98 Å². The van der Waals surface area contributed by atoms with E-state index >= 15 is 0 Å². The molecule has 2 aromatic heterocycles. The maximum Gasteiger partial charge on any atom is 0.0951 e. The van der Waals surface area contributed by atoms with Crippen LogP contribution in [-0.2, 0) is 17.8 Å². The van der Waals surface area contributed by atoms with Crippen molar-refractivity contribution < 1.29 is 4.74 Å². The fraction of sp³-hybridized carbons (Fsp3) is 0.538. The van der Waals surface area contributed by atoms with Gasteiger partial charge in [0.2, 0.25) is 0 Å². The van der Waals surface area contributed by atoms with E-state index in [0.29, 0.717) is 12.6 Å². The maximum atomic E-state index is 5.03. The molecule has 1 saturated carbocycles. The molecule has 0 bridgehead atoms. The highest BCUT2D eigenvalue weighted by Gasteiger charge is 2.24. The summed E-state index contributed by atoms with van der Waals surface area (Å²) in [5, 5.41) is 7.66. The number of aromatic nitrogens is 4. The van der Waals surface area contributed by atoms with Gasteiger partial charge in [0.1, 0.15) is 0 Å². The molecule has 2 aromatic rings.